The van der Waals surface area contributed by atoms with E-state index in [0.29, 0.717) is 22.4 Å². The van der Waals surface area contributed by atoms with Gasteiger partial charge in [-0.3, -0.25) is 0 Å². The highest BCUT2D eigenvalue weighted by Crippen LogP contribution is 2.27. The molecule has 2 heterocycles. The molecule has 1 atom stereocenters. The summed E-state index contributed by atoms with van der Waals surface area (Å²) in [7, 11) is 0. The Hall–Kier alpha value is -2.55. The first kappa shape index (κ1) is 21.2. The Morgan fingerprint density at radius 1 is 1.14 bits per heavy atom. The molecule has 0 fully saturated rings. The summed E-state index contributed by atoms with van der Waals surface area (Å²) in [6, 6.07) is 5.88. The van der Waals surface area contributed by atoms with Gasteiger partial charge < -0.3 is 15.5 Å². The van der Waals surface area contributed by atoms with Gasteiger partial charge in [0, 0.05) is 11.3 Å². The zero-order valence-electron chi connectivity index (χ0n) is 17.1. The van der Waals surface area contributed by atoms with Gasteiger partial charge in [0.1, 0.15) is 11.3 Å². The first-order valence-corrected chi connectivity index (χ1v) is 9.55. The SMILES string of the molecule is Cc1cc(Nc2ncc(Cl)c(C)n2)cc(-c2cn(CC(C)(O)C(C)(C)O)nn2)c1. The molecule has 3 rings (SSSR count). The van der Waals surface area contributed by atoms with Gasteiger partial charge in [0.25, 0.3) is 0 Å². The third kappa shape index (κ3) is 4.90. The molecule has 2 aromatic heterocycles. The molecule has 9 heteroatoms. The molecular weight excluding hydrogens is 392 g/mol. The normalized spacial score (nSPS) is 13.9. The van der Waals surface area contributed by atoms with E-state index in [1.54, 1.807) is 33.2 Å². The van der Waals surface area contributed by atoms with E-state index in [1.165, 1.54) is 4.68 Å². The molecule has 0 bridgehead atoms. The van der Waals surface area contributed by atoms with Crippen LogP contribution < -0.4 is 5.32 Å². The third-order valence-electron chi connectivity index (χ3n) is 4.88. The standard InChI is InChI=1S/C20H25ClN6O2/c1-12-6-14(8-15(7-12)24-18-22-9-16(21)13(2)23-18)17-10-27(26-25-17)11-20(5,29)19(3,4)28/h6-10,28-29H,11H2,1-5H3,(H,22,23,24). The van der Waals surface area contributed by atoms with Crippen molar-refractivity contribution in [2.75, 3.05) is 5.32 Å². The minimum atomic E-state index is -1.36. The molecule has 0 saturated carbocycles. The molecular formula is C20H25ClN6O2. The third-order valence-corrected chi connectivity index (χ3v) is 5.25. The van der Waals surface area contributed by atoms with Gasteiger partial charge in [-0.25, -0.2) is 14.6 Å². The maximum absolute atomic E-state index is 10.5. The van der Waals surface area contributed by atoms with Crippen LogP contribution in [0.25, 0.3) is 11.3 Å². The molecule has 3 N–H and O–H groups in total. The summed E-state index contributed by atoms with van der Waals surface area (Å²) in [6.07, 6.45) is 3.30. The number of aliphatic hydroxyl groups is 2. The molecule has 0 aliphatic heterocycles. The van der Waals surface area contributed by atoms with Gasteiger partial charge in [-0.15, -0.1) is 5.10 Å². The van der Waals surface area contributed by atoms with E-state index < -0.39 is 11.2 Å². The first-order valence-electron chi connectivity index (χ1n) is 9.18. The Morgan fingerprint density at radius 2 is 1.86 bits per heavy atom. The lowest BCUT2D eigenvalue weighted by atomic mass is 9.88. The van der Waals surface area contributed by atoms with Crippen molar-refractivity contribution < 1.29 is 10.2 Å². The molecule has 1 unspecified atom stereocenters. The summed E-state index contributed by atoms with van der Waals surface area (Å²) in [5.74, 6) is 0.452. The number of halogens is 1. The second kappa shape index (κ2) is 7.70. The summed E-state index contributed by atoms with van der Waals surface area (Å²) >= 11 is 5.99. The second-order valence-corrected chi connectivity index (χ2v) is 8.38. The van der Waals surface area contributed by atoms with Crippen molar-refractivity contribution in [2.45, 2.75) is 52.4 Å². The number of nitrogens with one attached hydrogen (secondary N) is 1. The van der Waals surface area contributed by atoms with Gasteiger partial charge in [-0.05, 0) is 58.4 Å². The summed E-state index contributed by atoms with van der Waals surface area (Å²) < 4.78 is 1.52. The monoisotopic (exact) mass is 416 g/mol. The zero-order chi connectivity index (χ0) is 21.4. The summed E-state index contributed by atoms with van der Waals surface area (Å²) in [4.78, 5) is 8.53. The van der Waals surface area contributed by atoms with Crippen molar-refractivity contribution in [2.24, 2.45) is 0 Å². The smallest absolute Gasteiger partial charge is 0.227 e. The van der Waals surface area contributed by atoms with Gasteiger partial charge in [0.2, 0.25) is 5.95 Å². The highest BCUT2D eigenvalue weighted by molar-refractivity contribution is 6.31. The van der Waals surface area contributed by atoms with Crippen molar-refractivity contribution in [3.8, 4) is 11.3 Å². The van der Waals surface area contributed by atoms with Gasteiger partial charge in [-0.2, -0.15) is 0 Å². The zero-order valence-corrected chi connectivity index (χ0v) is 17.9. The van der Waals surface area contributed by atoms with Gasteiger partial charge in [-0.1, -0.05) is 16.8 Å². The van der Waals surface area contributed by atoms with Crippen LogP contribution in [0.2, 0.25) is 5.02 Å². The largest absolute Gasteiger partial charge is 0.387 e. The Morgan fingerprint density at radius 3 is 2.52 bits per heavy atom. The van der Waals surface area contributed by atoms with Gasteiger partial charge in [0.05, 0.1) is 35.3 Å². The van der Waals surface area contributed by atoms with E-state index in [0.717, 1.165) is 16.8 Å². The lowest BCUT2D eigenvalue weighted by molar-refractivity contribution is -0.129. The van der Waals surface area contributed by atoms with Crippen LogP contribution >= 0.6 is 11.6 Å². The highest BCUT2D eigenvalue weighted by Gasteiger charge is 2.38. The van der Waals surface area contributed by atoms with E-state index >= 15 is 0 Å². The summed E-state index contributed by atoms with van der Waals surface area (Å²) in [5, 5.41) is 32.6. The first-order chi connectivity index (χ1) is 13.4. The van der Waals surface area contributed by atoms with Crippen LogP contribution in [0.4, 0.5) is 11.6 Å². The van der Waals surface area contributed by atoms with E-state index in [9.17, 15) is 10.2 Å². The summed E-state index contributed by atoms with van der Waals surface area (Å²) in [6.45, 7) is 8.59. The van der Waals surface area contributed by atoms with Crippen molar-refractivity contribution >= 4 is 23.2 Å². The number of rotatable bonds is 6. The van der Waals surface area contributed by atoms with E-state index in [2.05, 4.69) is 25.6 Å². The molecule has 0 aliphatic rings. The Bertz CT molecular complexity index is 1030. The maximum atomic E-state index is 10.5. The van der Waals surface area contributed by atoms with Crippen molar-refractivity contribution in [1.82, 2.24) is 25.0 Å². The number of benzene rings is 1. The molecule has 0 spiro atoms. The van der Waals surface area contributed by atoms with Crippen LogP contribution in [0, 0.1) is 13.8 Å². The molecule has 154 valence electrons. The fraction of sp³-hybridized carbons (Fsp3) is 0.400. The number of hydrogen-bond acceptors (Lipinski definition) is 7. The molecule has 1 aromatic carbocycles. The molecule has 29 heavy (non-hydrogen) atoms. The predicted molar refractivity (Wildman–Crippen MR) is 112 cm³/mol. The number of aryl methyl sites for hydroxylation is 2. The minimum absolute atomic E-state index is 0.109. The fourth-order valence-corrected chi connectivity index (χ4v) is 2.75. The number of nitrogens with zero attached hydrogens (tertiary/aromatic N) is 5. The van der Waals surface area contributed by atoms with E-state index in [-0.39, 0.29) is 6.54 Å². The quantitative estimate of drug-likeness (QED) is 0.565. The Labute approximate surface area is 174 Å². The minimum Gasteiger partial charge on any atom is -0.387 e. The van der Waals surface area contributed by atoms with Crippen molar-refractivity contribution in [3.05, 3.63) is 46.9 Å². The average molecular weight is 417 g/mol. The Kier molecular flexibility index (Phi) is 5.62. The van der Waals surface area contributed by atoms with Gasteiger partial charge >= 0.3 is 0 Å². The lowest BCUT2D eigenvalue weighted by Crippen LogP contribution is -2.50. The predicted octanol–water partition coefficient (Wildman–Crippen LogP) is 3.27. The second-order valence-electron chi connectivity index (χ2n) is 7.97. The number of aromatic nitrogens is 5. The summed E-state index contributed by atoms with van der Waals surface area (Å²) in [5.41, 5.74) is 1.38. The van der Waals surface area contributed by atoms with Crippen LogP contribution in [-0.2, 0) is 6.54 Å². The average Bonchev–Trinajstić information content (AvgIpc) is 3.04. The molecule has 8 nitrogen and oxygen atoms in total. The number of anilines is 2. The molecule has 0 amide bonds. The topological polar surface area (TPSA) is 109 Å². The van der Waals surface area contributed by atoms with Crippen LogP contribution in [0.15, 0.2) is 30.6 Å². The van der Waals surface area contributed by atoms with Crippen LogP contribution in [-0.4, -0.2) is 46.4 Å². The Balaban J connectivity index is 1.85. The van der Waals surface area contributed by atoms with Crippen molar-refractivity contribution in [3.63, 3.8) is 0 Å². The fourth-order valence-electron chi connectivity index (χ4n) is 2.66. The highest BCUT2D eigenvalue weighted by atomic mass is 35.5. The van der Waals surface area contributed by atoms with Crippen LogP contribution in [0.3, 0.4) is 0 Å². The molecule has 0 saturated heterocycles. The molecule has 0 radical (unpaired) electrons. The van der Waals surface area contributed by atoms with Crippen molar-refractivity contribution in [1.29, 1.82) is 0 Å². The van der Waals surface area contributed by atoms with Crippen LogP contribution in [0.5, 0.6) is 0 Å². The van der Waals surface area contributed by atoms with Gasteiger partial charge in [0.15, 0.2) is 0 Å². The molecule has 3 aromatic rings. The maximum Gasteiger partial charge on any atom is 0.227 e. The van der Waals surface area contributed by atoms with Crippen LogP contribution in [0.1, 0.15) is 32.0 Å². The van der Waals surface area contributed by atoms with E-state index in [4.69, 9.17) is 11.6 Å². The molecule has 0 aliphatic carbocycles. The van der Waals surface area contributed by atoms with E-state index in [1.807, 2.05) is 32.0 Å². The lowest BCUT2D eigenvalue weighted by Gasteiger charge is -2.35. The number of hydrogen-bond donors (Lipinski definition) is 3.